The highest BCUT2D eigenvalue weighted by atomic mass is 79.9. The number of esters is 1. The summed E-state index contributed by atoms with van der Waals surface area (Å²) in [5.41, 5.74) is 1.48. The van der Waals surface area contributed by atoms with Crippen molar-refractivity contribution in [1.82, 2.24) is 5.32 Å². The molecular weight excluding hydrogens is 248 g/mol. The van der Waals surface area contributed by atoms with Crippen LogP contribution < -0.4 is 5.32 Å². The first-order chi connectivity index (χ1) is 6.70. The van der Waals surface area contributed by atoms with E-state index >= 15 is 0 Å². The Balaban J connectivity index is 2.70. The normalized spacial score (nSPS) is 15.8. The SMILES string of the molecule is CCOC(=O)C1=C(Br)C(CNC)=NC1. The standard InChI is InChI=1S/C9H13BrN2O2/c1-3-14-9(13)6-4-12-7(5-11-2)8(6)10/h11H,3-5H2,1-2H3. The molecule has 0 amide bonds. The van der Waals surface area contributed by atoms with Crippen molar-refractivity contribution in [2.75, 3.05) is 26.7 Å². The summed E-state index contributed by atoms with van der Waals surface area (Å²) in [5.74, 6) is -0.283. The molecule has 0 spiro atoms. The molecule has 14 heavy (non-hydrogen) atoms. The third-order valence-electron chi connectivity index (χ3n) is 1.81. The summed E-state index contributed by atoms with van der Waals surface area (Å²) in [5, 5.41) is 2.98. The Hall–Kier alpha value is -0.680. The first kappa shape index (κ1) is 11.4. The monoisotopic (exact) mass is 260 g/mol. The highest BCUT2D eigenvalue weighted by Gasteiger charge is 2.22. The highest BCUT2D eigenvalue weighted by molar-refractivity contribution is 9.12. The van der Waals surface area contributed by atoms with Gasteiger partial charge < -0.3 is 10.1 Å². The number of nitrogens with one attached hydrogen (secondary N) is 1. The number of carbonyl (C=O) groups excluding carboxylic acids is 1. The number of rotatable bonds is 4. The topological polar surface area (TPSA) is 50.7 Å². The van der Waals surface area contributed by atoms with Gasteiger partial charge in [-0.2, -0.15) is 0 Å². The smallest absolute Gasteiger partial charge is 0.337 e. The van der Waals surface area contributed by atoms with Crippen molar-refractivity contribution in [3.63, 3.8) is 0 Å². The fourth-order valence-electron chi connectivity index (χ4n) is 1.16. The molecule has 0 aromatic carbocycles. The highest BCUT2D eigenvalue weighted by Crippen LogP contribution is 2.21. The number of hydrogen-bond acceptors (Lipinski definition) is 4. The Bertz CT molecular complexity index is 297. The van der Waals surface area contributed by atoms with E-state index in [2.05, 4.69) is 26.2 Å². The van der Waals surface area contributed by atoms with Crippen molar-refractivity contribution >= 4 is 27.6 Å². The van der Waals surface area contributed by atoms with Crippen LogP contribution in [-0.2, 0) is 9.53 Å². The second kappa shape index (κ2) is 5.26. The Morgan fingerprint density at radius 1 is 1.71 bits per heavy atom. The van der Waals surface area contributed by atoms with Gasteiger partial charge in [0.25, 0.3) is 0 Å². The average molecular weight is 261 g/mol. The fraction of sp³-hybridized carbons (Fsp3) is 0.556. The first-order valence-corrected chi connectivity index (χ1v) is 5.24. The molecule has 0 saturated heterocycles. The van der Waals surface area contributed by atoms with E-state index in [-0.39, 0.29) is 5.97 Å². The molecule has 0 aromatic rings. The third kappa shape index (κ3) is 2.42. The van der Waals surface area contributed by atoms with Crippen LogP contribution >= 0.6 is 15.9 Å². The molecule has 1 rings (SSSR count). The van der Waals surface area contributed by atoms with Gasteiger partial charge in [-0.05, 0) is 29.9 Å². The maximum absolute atomic E-state index is 11.4. The van der Waals surface area contributed by atoms with E-state index in [1.54, 1.807) is 6.92 Å². The van der Waals surface area contributed by atoms with Crippen LogP contribution in [0.3, 0.4) is 0 Å². The van der Waals surface area contributed by atoms with Gasteiger partial charge in [-0.25, -0.2) is 4.79 Å². The molecule has 1 heterocycles. The maximum atomic E-state index is 11.4. The molecule has 5 heteroatoms. The molecule has 0 fully saturated rings. The van der Waals surface area contributed by atoms with Crippen LogP contribution in [0.15, 0.2) is 15.0 Å². The molecular formula is C9H13BrN2O2. The van der Waals surface area contributed by atoms with Crippen molar-refractivity contribution in [1.29, 1.82) is 0 Å². The molecule has 1 aliphatic heterocycles. The molecule has 0 saturated carbocycles. The van der Waals surface area contributed by atoms with Crippen LogP contribution in [-0.4, -0.2) is 38.4 Å². The van der Waals surface area contributed by atoms with E-state index < -0.39 is 0 Å². The quantitative estimate of drug-likeness (QED) is 0.764. The van der Waals surface area contributed by atoms with E-state index in [1.807, 2.05) is 7.05 Å². The summed E-state index contributed by atoms with van der Waals surface area (Å²) < 4.78 is 5.67. The molecule has 0 atom stereocenters. The van der Waals surface area contributed by atoms with Crippen molar-refractivity contribution in [3.05, 3.63) is 10.1 Å². The molecule has 1 N–H and O–H groups in total. The lowest BCUT2D eigenvalue weighted by molar-refractivity contribution is -0.138. The zero-order valence-electron chi connectivity index (χ0n) is 8.26. The molecule has 78 valence electrons. The van der Waals surface area contributed by atoms with Gasteiger partial charge in [-0.1, -0.05) is 0 Å². The average Bonchev–Trinajstić information content (AvgIpc) is 2.49. The number of halogens is 1. The minimum atomic E-state index is -0.283. The summed E-state index contributed by atoms with van der Waals surface area (Å²) in [7, 11) is 1.84. The predicted octanol–water partition coefficient (Wildman–Crippen LogP) is 0.873. The van der Waals surface area contributed by atoms with Crippen molar-refractivity contribution in [3.8, 4) is 0 Å². The summed E-state index contributed by atoms with van der Waals surface area (Å²) in [6.45, 7) is 3.25. The van der Waals surface area contributed by atoms with Crippen LogP contribution in [0.25, 0.3) is 0 Å². The van der Waals surface area contributed by atoms with Gasteiger partial charge in [0.05, 0.1) is 28.9 Å². The Kier molecular flexibility index (Phi) is 4.28. The predicted molar refractivity (Wildman–Crippen MR) is 58.8 cm³/mol. The van der Waals surface area contributed by atoms with Crippen molar-refractivity contribution in [2.45, 2.75) is 6.92 Å². The van der Waals surface area contributed by atoms with E-state index in [1.165, 1.54) is 0 Å². The van der Waals surface area contributed by atoms with E-state index in [0.29, 0.717) is 25.3 Å². The summed E-state index contributed by atoms with van der Waals surface area (Å²) >= 11 is 3.35. The molecule has 0 aromatic heterocycles. The Labute approximate surface area is 91.6 Å². The lowest BCUT2D eigenvalue weighted by atomic mass is 10.2. The second-order valence-electron chi connectivity index (χ2n) is 2.81. The third-order valence-corrected chi connectivity index (χ3v) is 2.75. The molecule has 1 aliphatic rings. The lowest BCUT2D eigenvalue weighted by Crippen LogP contribution is -2.18. The van der Waals surface area contributed by atoms with E-state index in [9.17, 15) is 4.79 Å². The molecule has 4 nitrogen and oxygen atoms in total. The number of carbonyl (C=O) groups is 1. The summed E-state index contributed by atoms with van der Waals surface area (Å²) in [4.78, 5) is 15.6. The lowest BCUT2D eigenvalue weighted by Gasteiger charge is -2.02. The molecule has 0 aliphatic carbocycles. The van der Waals surface area contributed by atoms with Gasteiger partial charge >= 0.3 is 5.97 Å². The largest absolute Gasteiger partial charge is 0.463 e. The zero-order valence-corrected chi connectivity index (χ0v) is 9.85. The van der Waals surface area contributed by atoms with Crippen LogP contribution in [0.1, 0.15) is 6.92 Å². The Morgan fingerprint density at radius 3 is 3.00 bits per heavy atom. The van der Waals surface area contributed by atoms with Crippen molar-refractivity contribution in [2.24, 2.45) is 4.99 Å². The minimum absolute atomic E-state index is 0.283. The van der Waals surface area contributed by atoms with Crippen molar-refractivity contribution < 1.29 is 9.53 Å². The van der Waals surface area contributed by atoms with Gasteiger partial charge in [-0.3, -0.25) is 4.99 Å². The van der Waals surface area contributed by atoms with Crippen LogP contribution in [0, 0.1) is 0 Å². The minimum Gasteiger partial charge on any atom is -0.463 e. The summed E-state index contributed by atoms with van der Waals surface area (Å²) in [6.07, 6.45) is 0. The summed E-state index contributed by atoms with van der Waals surface area (Å²) in [6, 6.07) is 0. The number of aliphatic imine (C=N–C) groups is 1. The zero-order chi connectivity index (χ0) is 10.6. The van der Waals surface area contributed by atoms with Gasteiger partial charge in [0, 0.05) is 6.54 Å². The van der Waals surface area contributed by atoms with Gasteiger partial charge in [0.2, 0.25) is 0 Å². The van der Waals surface area contributed by atoms with Gasteiger partial charge in [0.15, 0.2) is 0 Å². The van der Waals surface area contributed by atoms with Gasteiger partial charge in [0.1, 0.15) is 0 Å². The number of ether oxygens (including phenoxy) is 1. The second-order valence-corrected chi connectivity index (χ2v) is 3.60. The van der Waals surface area contributed by atoms with E-state index in [0.717, 1.165) is 10.2 Å². The molecule has 0 unspecified atom stereocenters. The first-order valence-electron chi connectivity index (χ1n) is 4.44. The number of nitrogens with zero attached hydrogens (tertiary/aromatic N) is 1. The Morgan fingerprint density at radius 2 is 2.43 bits per heavy atom. The van der Waals surface area contributed by atoms with Crippen LogP contribution in [0.5, 0.6) is 0 Å². The molecule has 0 bridgehead atoms. The van der Waals surface area contributed by atoms with Crippen LogP contribution in [0.4, 0.5) is 0 Å². The van der Waals surface area contributed by atoms with Crippen LogP contribution in [0.2, 0.25) is 0 Å². The number of hydrogen-bond donors (Lipinski definition) is 1. The maximum Gasteiger partial charge on any atom is 0.337 e. The molecule has 0 radical (unpaired) electrons. The van der Waals surface area contributed by atoms with E-state index in [4.69, 9.17) is 4.74 Å². The van der Waals surface area contributed by atoms with Gasteiger partial charge in [-0.15, -0.1) is 0 Å². The fourth-order valence-corrected chi connectivity index (χ4v) is 1.71.